The molecular formula is C13H28O3Si4. The first kappa shape index (κ1) is 18.0. The Bertz CT molecular complexity index is 396. The van der Waals surface area contributed by atoms with Crippen LogP contribution in [0.15, 0.2) is 30.3 Å². The summed E-state index contributed by atoms with van der Waals surface area (Å²) in [6.45, 7) is 13.2. The van der Waals surface area contributed by atoms with Crippen LogP contribution in [0.2, 0.25) is 39.3 Å². The molecule has 0 atom stereocenters. The second-order valence-electron chi connectivity index (χ2n) is 6.40. The van der Waals surface area contributed by atoms with Gasteiger partial charge in [0.15, 0.2) is 17.4 Å². The molecule has 7 heteroatoms. The minimum absolute atomic E-state index is 0.935. The minimum Gasteiger partial charge on any atom is -0.441 e. The van der Waals surface area contributed by atoms with Gasteiger partial charge in [0, 0.05) is 0 Å². The summed E-state index contributed by atoms with van der Waals surface area (Å²) in [6, 6.07) is 11.6. The van der Waals surface area contributed by atoms with Gasteiger partial charge in [0.1, 0.15) is 0 Å². The van der Waals surface area contributed by atoms with Gasteiger partial charge in [0.25, 0.3) is 10.0 Å². The topological polar surface area (TPSA) is 27.7 Å². The monoisotopic (exact) mass is 344 g/mol. The molecule has 1 aromatic carbocycles. The van der Waals surface area contributed by atoms with Gasteiger partial charge in [-0.15, -0.1) is 0 Å². The third-order valence-corrected chi connectivity index (χ3v) is 15.1. The van der Waals surface area contributed by atoms with Crippen LogP contribution in [0.4, 0.5) is 0 Å². The van der Waals surface area contributed by atoms with E-state index in [1.165, 1.54) is 5.56 Å². The van der Waals surface area contributed by atoms with E-state index in [1.807, 2.05) is 0 Å². The van der Waals surface area contributed by atoms with E-state index in [0.717, 1.165) is 6.04 Å². The zero-order chi connectivity index (χ0) is 15.2. The molecule has 0 amide bonds. The number of benzene rings is 1. The van der Waals surface area contributed by atoms with Crippen LogP contribution in [-0.2, 0) is 18.4 Å². The van der Waals surface area contributed by atoms with Crippen molar-refractivity contribution in [1.82, 2.24) is 0 Å². The van der Waals surface area contributed by atoms with E-state index in [-0.39, 0.29) is 0 Å². The Morgan fingerprint density at radius 1 is 1.00 bits per heavy atom. The van der Waals surface area contributed by atoms with Crippen molar-refractivity contribution >= 4 is 35.9 Å². The highest BCUT2D eigenvalue weighted by atomic mass is 28.5. The molecule has 0 aliphatic rings. The van der Waals surface area contributed by atoms with Crippen LogP contribution in [0.5, 0.6) is 0 Å². The van der Waals surface area contributed by atoms with Crippen LogP contribution in [0.1, 0.15) is 5.56 Å². The maximum absolute atomic E-state index is 6.18. The molecule has 0 unspecified atom stereocenters. The Labute approximate surface area is 129 Å². The molecule has 0 radical (unpaired) electrons. The van der Waals surface area contributed by atoms with E-state index >= 15 is 0 Å². The summed E-state index contributed by atoms with van der Waals surface area (Å²) in [6.07, 6.45) is 0. The second kappa shape index (κ2) is 7.83. The van der Waals surface area contributed by atoms with Crippen LogP contribution in [0.3, 0.4) is 0 Å². The van der Waals surface area contributed by atoms with Crippen molar-refractivity contribution < 1.29 is 12.3 Å². The van der Waals surface area contributed by atoms with Crippen molar-refractivity contribution in [2.24, 2.45) is 0 Å². The van der Waals surface area contributed by atoms with E-state index in [4.69, 9.17) is 12.3 Å². The predicted molar refractivity (Wildman–Crippen MR) is 95.8 cm³/mol. The molecule has 114 valence electrons. The second-order valence-corrected chi connectivity index (χ2v) is 18.7. The van der Waals surface area contributed by atoms with Gasteiger partial charge in [-0.2, -0.15) is 0 Å². The Kier molecular flexibility index (Phi) is 7.05. The van der Waals surface area contributed by atoms with Crippen molar-refractivity contribution in [2.75, 3.05) is 0 Å². The summed E-state index contributed by atoms with van der Waals surface area (Å²) >= 11 is 0. The van der Waals surface area contributed by atoms with Gasteiger partial charge in [0.05, 0.1) is 0 Å². The molecule has 0 bridgehead atoms. The lowest BCUT2D eigenvalue weighted by atomic mass is 10.2. The molecule has 0 fully saturated rings. The van der Waals surface area contributed by atoms with Crippen LogP contribution in [-0.4, -0.2) is 35.9 Å². The predicted octanol–water partition coefficient (Wildman–Crippen LogP) is 2.71. The molecule has 0 N–H and O–H groups in total. The van der Waals surface area contributed by atoms with Gasteiger partial charge in [0.2, 0.25) is 0 Å². The van der Waals surface area contributed by atoms with E-state index in [0.29, 0.717) is 0 Å². The number of hydrogen-bond donors (Lipinski definition) is 0. The van der Waals surface area contributed by atoms with Crippen LogP contribution < -0.4 is 0 Å². The van der Waals surface area contributed by atoms with Crippen molar-refractivity contribution in [2.45, 2.75) is 45.3 Å². The highest BCUT2D eigenvalue weighted by Crippen LogP contribution is 2.14. The quantitative estimate of drug-likeness (QED) is 0.679. The largest absolute Gasteiger partial charge is 0.441 e. The molecule has 0 spiro atoms. The van der Waals surface area contributed by atoms with E-state index in [2.05, 4.69) is 69.6 Å². The Morgan fingerprint density at radius 3 is 2.15 bits per heavy atom. The SMILES string of the molecule is C[SiH](C)O[Si](C)(C)O[SiH2]O[Si](C)(C)Cc1ccccc1. The fourth-order valence-electron chi connectivity index (χ4n) is 2.07. The summed E-state index contributed by atoms with van der Waals surface area (Å²) in [5, 5.41) is 0. The molecule has 0 saturated carbocycles. The summed E-state index contributed by atoms with van der Waals surface area (Å²) in [5.74, 6) is 0. The summed E-state index contributed by atoms with van der Waals surface area (Å²) in [4.78, 5) is 0. The van der Waals surface area contributed by atoms with Crippen LogP contribution >= 0.6 is 0 Å². The van der Waals surface area contributed by atoms with Gasteiger partial charge >= 0.3 is 8.56 Å². The minimum atomic E-state index is -1.94. The van der Waals surface area contributed by atoms with E-state index < -0.39 is 35.9 Å². The zero-order valence-electron chi connectivity index (χ0n) is 13.6. The Morgan fingerprint density at radius 2 is 1.60 bits per heavy atom. The molecular weight excluding hydrogens is 316 g/mol. The van der Waals surface area contributed by atoms with Gasteiger partial charge in [-0.05, 0) is 50.9 Å². The summed E-state index contributed by atoms with van der Waals surface area (Å²) < 4.78 is 18.2. The third-order valence-electron chi connectivity index (χ3n) is 2.85. The molecule has 0 aromatic heterocycles. The molecule has 0 aliphatic heterocycles. The average molecular weight is 345 g/mol. The molecule has 20 heavy (non-hydrogen) atoms. The lowest BCUT2D eigenvalue weighted by Crippen LogP contribution is -2.44. The standard InChI is InChI=1S/C13H28O3Si4/c1-18(2)16-20(5,6)15-17-14-19(3,4)12-13-10-8-7-9-11-13/h7-11,18H,12,17H2,1-6H3. The average Bonchev–Trinajstić information content (AvgIpc) is 2.26. The van der Waals surface area contributed by atoms with Gasteiger partial charge < -0.3 is 12.3 Å². The van der Waals surface area contributed by atoms with Crippen molar-refractivity contribution in [3.63, 3.8) is 0 Å². The lowest BCUT2D eigenvalue weighted by molar-refractivity contribution is 0.374. The fourth-order valence-corrected chi connectivity index (χ4v) is 12.3. The molecule has 1 rings (SSSR count). The van der Waals surface area contributed by atoms with Crippen LogP contribution in [0, 0.1) is 0 Å². The van der Waals surface area contributed by atoms with Gasteiger partial charge in [-0.1, -0.05) is 30.3 Å². The fraction of sp³-hybridized carbons (Fsp3) is 0.538. The molecule has 3 nitrogen and oxygen atoms in total. The van der Waals surface area contributed by atoms with Crippen molar-refractivity contribution in [3.05, 3.63) is 35.9 Å². The highest BCUT2D eigenvalue weighted by Gasteiger charge is 2.28. The first-order valence-corrected chi connectivity index (χ1v) is 17.1. The third kappa shape index (κ3) is 7.67. The Balaban J connectivity index is 2.40. The number of hydrogen-bond acceptors (Lipinski definition) is 3. The normalized spacial score (nSPS) is 13.6. The summed E-state index contributed by atoms with van der Waals surface area (Å²) in [5.41, 5.74) is 1.36. The smallest absolute Gasteiger partial charge is 0.312 e. The summed E-state index contributed by atoms with van der Waals surface area (Å²) in [7, 11) is -5.56. The molecule has 0 saturated heterocycles. The maximum atomic E-state index is 6.18. The first-order valence-electron chi connectivity index (χ1n) is 7.20. The van der Waals surface area contributed by atoms with Crippen molar-refractivity contribution in [1.29, 1.82) is 0 Å². The highest BCUT2D eigenvalue weighted by molar-refractivity contribution is 6.78. The maximum Gasteiger partial charge on any atom is 0.312 e. The van der Waals surface area contributed by atoms with E-state index in [1.54, 1.807) is 0 Å². The Hall–Kier alpha value is -0.0325. The van der Waals surface area contributed by atoms with Gasteiger partial charge in [-0.25, -0.2) is 0 Å². The zero-order valence-corrected chi connectivity index (χ0v) is 18.2. The van der Waals surface area contributed by atoms with Gasteiger partial charge in [-0.3, -0.25) is 0 Å². The molecule has 0 aliphatic carbocycles. The number of rotatable bonds is 8. The van der Waals surface area contributed by atoms with Crippen molar-refractivity contribution in [3.8, 4) is 0 Å². The van der Waals surface area contributed by atoms with E-state index in [9.17, 15) is 0 Å². The first-order chi connectivity index (χ1) is 9.20. The van der Waals surface area contributed by atoms with Crippen LogP contribution in [0.25, 0.3) is 0 Å². The molecule has 0 heterocycles. The lowest BCUT2D eigenvalue weighted by Gasteiger charge is -2.29. The molecule has 1 aromatic rings.